The number of hydrogen-bond donors (Lipinski definition) is 1. The molecule has 1 unspecified atom stereocenters. The lowest BCUT2D eigenvalue weighted by Crippen LogP contribution is -2.31. The average molecular weight is 681 g/mol. The van der Waals surface area contributed by atoms with Gasteiger partial charge in [-0.1, -0.05) is 91.0 Å². The SMILES string of the molecule is C1=CC(C2(c3ccncc3)c3ccccc3-c3ccc4c(c32)c2ccccc2n4C2=CC=C(c3ccc(-n4ccc5ccccc54)cc3)CC2)=CCN1. The number of rotatable bonds is 5. The molecule has 53 heavy (non-hydrogen) atoms. The van der Waals surface area contributed by atoms with E-state index in [2.05, 4.69) is 184 Å². The first-order valence-corrected chi connectivity index (χ1v) is 18.6. The molecule has 4 nitrogen and oxygen atoms in total. The van der Waals surface area contributed by atoms with Gasteiger partial charge in [0, 0.05) is 47.3 Å². The van der Waals surface area contributed by atoms with Crippen LogP contribution >= 0.6 is 0 Å². The van der Waals surface area contributed by atoms with E-state index in [9.17, 15) is 0 Å². The van der Waals surface area contributed by atoms with Crippen LogP contribution in [0, 0.1) is 0 Å². The van der Waals surface area contributed by atoms with E-state index in [1.807, 2.05) is 12.4 Å². The third-order valence-corrected chi connectivity index (χ3v) is 11.7. The van der Waals surface area contributed by atoms with Crippen molar-refractivity contribution >= 4 is 44.0 Å². The lowest BCUT2D eigenvalue weighted by atomic mass is 9.66. The van der Waals surface area contributed by atoms with E-state index in [4.69, 9.17) is 0 Å². The van der Waals surface area contributed by atoms with Gasteiger partial charge in [-0.15, -0.1) is 0 Å². The number of aromatic nitrogens is 3. The quantitative estimate of drug-likeness (QED) is 0.196. The van der Waals surface area contributed by atoms with Crippen molar-refractivity contribution in [2.45, 2.75) is 18.3 Å². The fourth-order valence-electron chi connectivity index (χ4n) is 9.46. The Hall–Kier alpha value is -6.65. The van der Waals surface area contributed by atoms with Gasteiger partial charge in [-0.05, 0) is 130 Å². The van der Waals surface area contributed by atoms with E-state index < -0.39 is 5.41 Å². The second-order valence-corrected chi connectivity index (χ2v) is 14.3. The summed E-state index contributed by atoms with van der Waals surface area (Å²) < 4.78 is 4.80. The first kappa shape index (κ1) is 30.0. The van der Waals surface area contributed by atoms with Gasteiger partial charge in [-0.25, -0.2) is 0 Å². The number of benzene rings is 5. The third-order valence-electron chi connectivity index (χ3n) is 11.7. The van der Waals surface area contributed by atoms with E-state index in [0.717, 1.165) is 19.4 Å². The lowest BCUT2D eigenvalue weighted by Gasteiger charge is -2.36. The van der Waals surface area contributed by atoms with E-state index in [1.54, 1.807) is 0 Å². The Labute approximate surface area is 308 Å². The fourth-order valence-corrected chi connectivity index (χ4v) is 9.46. The molecule has 2 aliphatic carbocycles. The molecular weight excluding hydrogens is 645 g/mol. The highest BCUT2D eigenvalue weighted by atomic mass is 15.0. The maximum absolute atomic E-state index is 4.47. The number of pyridine rings is 1. The summed E-state index contributed by atoms with van der Waals surface area (Å²) >= 11 is 0. The van der Waals surface area contributed by atoms with Crippen LogP contribution in [0.2, 0.25) is 0 Å². The van der Waals surface area contributed by atoms with Crippen LogP contribution in [0.25, 0.3) is 60.8 Å². The molecule has 0 amide bonds. The van der Waals surface area contributed by atoms with Gasteiger partial charge in [-0.3, -0.25) is 4.98 Å². The number of allylic oxidation sites excluding steroid dienone is 6. The zero-order valence-corrected chi connectivity index (χ0v) is 29.2. The second kappa shape index (κ2) is 11.7. The highest BCUT2D eigenvalue weighted by Gasteiger charge is 2.48. The maximum Gasteiger partial charge on any atom is 0.0719 e. The number of fused-ring (bicyclic) bond motifs is 8. The third kappa shape index (κ3) is 4.33. The van der Waals surface area contributed by atoms with Gasteiger partial charge >= 0.3 is 0 Å². The van der Waals surface area contributed by atoms with Crippen molar-refractivity contribution in [2.24, 2.45) is 0 Å². The van der Waals surface area contributed by atoms with E-state index in [0.29, 0.717) is 0 Å². The molecule has 252 valence electrons. The summed E-state index contributed by atoms with van der Waals surface area (Å²) in [4.78, 5) is 4.47. The smallest absolute Gasteiger partial charge is 0.0719 e. The minimum Gasteiger partial charge on any atom is -0.387 e. The molecule has 1 atom stereocenters. The van der Waals surface area contributed by atoms with Crippen molar-refractivity contribution in [2.75, 3.05) is 6.54 Å². The van der Waals surface area contributed by atoms with Crippen LogP contribution in [0.3, 0.4) is 0 Å². The average Bonchev–Trinajstić information content (AvgIpc) is 3.91. The van der Waals surface area contributed by atoms with Crippen molar-refractivity contribution in [3.05, 3.63) is 204 Å². The van der Waals surface area contributed by atoms with Gasteiger partial charge in [0.05, 0.1) is 22.0 Å². The number of hydrogen-bond acceptors (Lipinski definition) is 2. The molecule has 0 saturated heterocycles. The molecule has 3 aliphatic rings. The fraction of sp³-hybridized carbons (Fsp3) is 0.0816. The van der Waals surface area contributed by atoms with Crippen LogP contribution in [0.15, 0.2) is 182 Å². The molecule has 3 aromatic heterocycles. The van der Waals surface area contributed by atoms with E-state index in [1.165, 1.54) is 88.6 Å². The number of para-hydroxylation sites is 2. The zero-order chi connectivity index (χ0) is 34.9. The Morgan fingerprint density at radius 3 is 2.30 bits per heavy atom. The molecule has 1 N–H and O–H groups in total. The number of dihydropyridines is 1. The van der Waals surface area contributed by atoms with E-state index in [-0.39, 0.29) is 0 Å². The molecule has 0 fully saturated rings. The molecule has 5 aromatic carbocycles. The van der Waals surface area contributed by atoms with Gasteiger partial charge in [-0.2, -0.15) is 0 Å². The van der Waals surface area contributed by atoms with Crippen molar-refractivity contribution in [1.82, 2.24) is 19.4 Å². The number of nitrogens with zero attached hydrogens (tertiary/aromatic N) is 3. The summed E-state index contributed by atoms with van der Waals surface area (Å²) in [5.41, 5.74) is 16.2. The molecule has 8 aromatic rings. The molecular formula is C49H36N4. The van der Waals surface area contributed by atoms with Crippen LogP contribution in [0.1, 0.15) is 35.1 Å². The normalized spacial score (nSPS) is 17.7. The molecule has 0 saturated carbocycles. The Morgan fingerprint density at radius 1 is 0.660 bits per heavy atom. The summed E-state index contributed by atoms with van der Waals surface area (Å²) in [5.74, 6) is 0. The van der Waals surface area contributed by atoms with Gasteiger partial charge < -0.3 is 14.5 Å². The molecule has 4 heteroatoms. The van der Waals surface area contributed by atoms with Gasteiger partial charge in [0.2, 0.25) is 0 Å². The molecule has 11 rings (SSSR count). The van der Waals surface area contributed by atoms with Crippen molar-refractivity contribution in [1.29, 1.82) is 0 Å². The molecule has 0 spiro atoms. The van der Waals surface area contributed by atoms with Gasteiger partial charge in [0.1, 0.15) is 0 Å². The van der Waals surface area contributed by atoms with Crippen LogP contribution in [0.5, 0.6) is 0 Å². The summed E-state index contributed by atoms with van der Waals surface area (Å²) in [6.07, 6.45) is 19.4. The summed E-state index contributed by atoms with van der Waals surface area (Å²) in [6.45, 7) is 0.793. The van der Waals surface area contributed by atoms with Crippen LogP contribution in [0.4, 0.5) is 0 Å². The first-order chi connectivity index (χ1) is 26.3. The monoisotopic (exact) mass is 680 g/mol. The Bertz CT molecular complexity index is 2880. The van der Waals surface area contributed by atoms with Crippen molar-refractivity contribution in [3.63, 3.8) is 0 Å². The summed E-state index contributed by atoms with van der Waals surface area (Å²) in [5, 5.41) is 7.28. The highest BCUT2D eigenvalue weighted by Crippen LogP contribution is 2.59. The van der Waals surface area contributed by atoms with Crippen molar-refractivity contribution < 1.29 is 0 Å². The largest absolute Gasteiger partial charge is 0.387 e. The highest BCUT2D eigenvalue weighted by molar-refractivity contribution is 6.16. The zero-order valence-electron chi connectivity index (χ0n) is 29.2. The summed E-state index contributed by atoms with van der Waals surface area (Å²) in [7, 11) is 0. The Balaban J connectivity index is 1.08. The van der Waals surface area contributed by atoms with Gasteiger partial charge in [0.15, 0.2) is 0 Å². The number of nitrogens with one attached hydrogen (secondary N) is 1. The topological polar surface area (TPSA) is 34.8 Å². The standard InChI is InChI=1S/C49H36N4/c1-5-11-44-35(7-1)27-32-52(44)38-17-13-33(14-18-38)34-15-19-39(20-16-34)53-45-12-6-3-9-42(45)47-46(53)22-21-41-40-8-2-4-10-43(40)49(48(41)47,36-23-28-50-29-24-36)37-25-30-51-31-26-37/h1-15,17-19,21-30,32,51H,16,20,31H2. The second-order valence-electron chi connectivity index (χ2n) is 14.3. The summed E-state index contributed by atoms with van der Waals surface area (Å²) in [6, 6.07) is 46.9. The minimum atomic E-state index is -0.491. The molecule has 0 bridgehead atoms. The predicted octanol–water partition coefficient (Wildman–Crippen LogP) is 11.2. The van der Waals surface area contributed by atoms with Gasteiger partial charge in [0.25, 0.3) is 0 Å². The van der Waals surface area contributed by atoms with Crippen molar-refractivity contribution in [3.8, 4) is 16.8 Å². The molecule has 1 aliphatic heterocycles. The minimum absolute atomic E-state index is 0.491. The van der Waals surface area contributed by atoms with Crippen LogP contribution < -0.4 is 5.32 Å². The van der Waals surface area contributed by atoms with Crippen LogP contribution in [-0.2, 0) is 5.41 Å². The first-order valence-electron chi connectivity index (χ1n) is 18.6. The molecule has 0 radical (unpaired) electrons. The predicted molar refractivity (Wildman–Crippen MR) is 219 cm³/mol. The lowest BCUT2D eigenvalue weighted by molar-refractivity contribution is 0.753. The Morgan fingerprint density at radius 2 is 1.47 bits per heavy atom. The molecule has 4 heterocycles. The van der Waals surface area contributed by atoms with Crippen LogP contribution in [-0.4, -0.2) is 20.7 Å². The van der Waals surface area contributed by atoms with E-state index >= 15 is 0 Å². The maximum atomic E-state index is 4.47. The Kier molecular flexibility index (Phi) is 6.62.